The number of piperazine rings is 1. The van der Waals surface area contributed by atoms with Crippen molar-refractivity contribution in [3.63, 3.8) is 0 Å². The lowest BCUT2D eigenvalue weighted by molar-refractivity contribution is 0.122. The van der Waals surface area contributed by atoms with E-state index in [0.29, 0.717) is 37.6 Å². The number of hydrogen-bond acceptors (Lipinski definition) is 8. The number of ether oxygens (including phenoxy) is 2. The van der Waals surface area contributed by atoms with Gasteiger partial charge in [-0.25, -0.2) is 17.2 Å². The Labute approximate surface area is 249 Å². The lowest BCUT2D eigenvalue weighted by Gasteiger charge is -2.36. The van der Waals surface area contributed by atoms with Gasteiger partial charge in [0.05, 0.1) is 37.0 Å². The fourth-order valence-electron chi connectivity index (χ4n) is 5.92. The van der Waals surface area contributed by atoms with E-state index in [1.165, 1.54) is 10.5 Å². The van der Waals surface area contributed by atoms with Crippen LogP contribution in [-0.4, -0.2) is 81.1 Å². The fourth-order valence-corrected chi connectivity index (χ4v) is 7.43. The Morgan fingerprint density at radius 3 is 2.16 bits per heavy atom. The van der Waals surface area contributed by atoms with Gasteiger partial charge < -0.3 is 19.3 Å². The third-order valence-electron chi connectivity index (χ3n) is 8.23. The molecule has 10 nitrogen and oxygen atoms in total. The molecule has 2 aromatic carbocycles. The Morgan fingerprint density at radius 1 is 0.860 bits per heavy atom. The van der Waals surface area contributed by atoms with Gasteiger partial charge in [0.15, 0.2) is 0 Å². The molecular formula is C30H35F2N5O5S. The third-order valence-corrected chi connectivity index (χ3v) is 10.1. The van der Waals surface area contributed by atoms with Gasteiger partial charge in [0.2, 0.25) is 15.8 Å². The van der Waals surface area contributed by atoms with Crippen LogP contribution in [0.25, 0.3) is 5.69 Å². The zero-order valence-corrected chi connectivity index (χ0v) is 24.6. The summed E-state index contributed by atoms with van der Waals surface area (Å²) in [5, 5.41) is 4.21. The van der Waals surface area contributed by atoms with E-state index in [2.05, 4.69) is 10.00 Å². The highest BCUT2D eigenvalue weighted by Gasteiger charge is 2.31. The van der Waals surface area contributed by atoms with Crippen molar-refractivity contribution in [1.29, 1.82) is 0 Å². The highest BCUT2D eigenvalue weighted by atomic mass is 32.2. The molecule has 0 atom stereocenters. The second kappa shape index (κ2) is 12.6. The van der Waals surface area contributed by atoms with Gasteiger partial charge in [0, 0.05) is 51.0 Å². The lowest BCUT2D eigenvalue weighted by Crippen LogP contribution is -2.49. The second-order valence-corrected chi connectivity index (χ2v) is 13.1. The number of aromatic nitrogens is 2. The first kappa shape index (κ1) is 29.5. The van der Waals surface area contributed by atoms with Crippen molar-refractivity contribution in [2.45, 2.75) is 37.5 Å². The van der Waals surface area contributed by atoms with Crippen LogP contribution < -0.4 is 20.1 Å². The van der Waals surface area contributed by atoms with Crippen LogP contribution in [-0.2, 0) is 20.5 Å². The molecule has 43 heavy (non-hydrogen) atoms. The SMILES string of the molecule is O=c1c(OC2CCCC2)c(N2CCN(S(=O)(=O)Cc3ccc(N4CCOCC4)cc3)CC2)cnn1-c1cc(F)cc(F)c1. The molecule has 1 aliphatic carbocycles. The molecule has 2 saturated heterocycles. The van der Waals surface area contributed by atoms with Gasteiger partial charge in [-0.15, -0.1) is 0 Å². The van der Waals surface area contributed by atoms with E-state index < -0.39 is 27.2 Å². The highest BCUT2D eigenvalue weighted by Crippen LogP contribution is 2.31. The summed E-state index contributed by atoms with van der Waals surface area (Å²) in [7, 11) is -3.58. The summed E-state index contributed by atoms with van der Waals surface area (Å²) in [4.78, 5) is 17.7. The Kier molecular flexibility index (Phi) is 8.64. The van der Waals surface area contributed by atoms with Gasteiger partial charge in [-0.05, 0) is 55.5 Å². The molecule has 1 saturated carbocycles. The zero-order valence-electron chi connectivity index (χ0n) is 23.8. The summed E-state index contributed by atoms with van der Waals surface area (Å²) in [5.74, 6) is -1.69. The van der Waals surface area contributed by atoms with Crippen molar-refractivity contribution < 1.29 is 26.7 Å². The third kappa shape index (κ3) is 6.68. The molecule has 0 N–H and O–H groups in total. The quantitative estimate of drug-likeness (QED) is 0.381. The smallest absolute Gasteiger partial charge is 0.316 e. The number of morpholine rings is 1. The molecule has 0 spiro atoms. The van der Waals surface area contributed by atoms with Crippen LogP contribution in [0.4, 0.5) is 20.2 Å². The van der Waals surface area contributed by atoms with Gasteiger partial charge in [0.25, 0.3) is 0 Å². The average Bonchev–Trinajstić information content (AvgIpc) is 3.52. The normalized spacial score (nSPS) is 18.7. The van der Waals surface area contributed by atoms with Crippen LogP contribution in [0, 0.1) is 11.6 Å². The first-order valence-corrected chi connectivity index (χ1v) is 16.3. The first-order valence-electron chi connectivity index (χ1n) is 14.7. The van der Waals surface area contributed by atoms with E-state index in [9.17, 15) is 22.0 Å². The molecule has 230 valence electrons. The molecule has 0 amide bonds. The van der Waals surface area contributed by atoms with Crippen molar-refractivity contribution >= 4 is 21.4 Å². The van der Waals surface area contributed by atoms with E-state index in [0.717, 1.165) is 67.3 Å². The minimum absolute atomic E-state index is 0.0424. The summed E-state index contributed by atoms with van der Waals surface area (Å²) in [5.41, 5.74) is 1.55. The maximum Gasteiger partial charge on any atom is 0.316 e. The molecule has 2 aliphatic heterocycles. The summed E-state index contributed by atoms with van der Waals surface area (Å²) in [6.07, 6.45) is 4.88. The van der Waals surface area contributed by atoms with Crippen LogP contribution in [0.2, 0.25) is 0 Å². The monoisotopic (exact) mass is 615 g/mol. The van der Waals surface area contributed by atoms with E-state index in [1.807, 2.05) is 29.2 Å². The molecule has 3 heterocycles. The topological polar surface area (TPSA) is 97.2 Å². The molecule has 3 aliphatic rings. The Bertz CT molecular complexity index is 1580. The summed E-state index contributed by atoms with van der Waals surface area (Å²) < 4.78 is 68.5. The predicted octanol–water partition coefficient (Wildman–Crippen LogP) is 3.32. The first-order chi connectivity index (χ1) is 20.8. The summed E-state index contributed by atoms with van der Waals surface area (Å²) in [6.45, 7) is 4.10. The van der Waals surface area contributed by atoms with Gasteiger partial charge >= 0.3 is 5.56 Å². The largest absolute Gasteiger partial charge is 0.483 e. The summed E-state index contributed by atoms with van der Waals surface area (Å²) in [6, 6.07) is 10.4. The molecule has 6 rings (SSSR count). The van der Waals surface area contributed by atoms with E-state index in [1.54, 1.807) is 0 Å². The lowest BCUT2D eigenvalue weighted by atomic mass is 10.2. The molecule has 3 aromatic rings. The number of sulfonamides is 1. The molecule has 1 aromatic heterocycles. The number of anilines is 2. The Balaban J connectivity index is 1.17. The van der Waals surface area contributed by atoms with Gasteiger partial charge in [-0.1, -0.05) is 12.1 Å². The van der Waals surface area contributed by atoms with Gasteiger partial charge in [-0.3, -0.25) is 4.79 Å². The predicted molar refractivity (Wildman–Crippen MR) is 159 cm³/mol. The molecule has 13 heteroatoms. The molecule has 3 fully saturated rings. The Hall–Kier alpha value is -3.55. The van der Waals surface area contributed by atoms with Crippen LogP contribution in [0.1, 0.15) is 31.2 Å². The maximum atomic E-state index is 13.9. The highest BCUT2D eigenvalue weighted by molar-refractivity contribution is 7.88. The number of nitrogens with zero attached hydrogens (tertiary/aromatic N) is 5. The number of benzene rings is 2. The molecule has 0 radical (unpaired) electrons. The van der Waals surface area contributed by atoms with Gasteiger partial charge in [-0.2, -0.15) is 14.1 Å². The zero-order chi connectivity index (χ0) is 30.0. The van der Waals surface area contributed by atoms with Crippen molar-refractivity contribution in [3.05, 3.63) is 76.2 Å². The standard InChI is InChI=1S/C30H35F2N5O5S/c31-23-17-24(32)19-26(18-23)37-30(38)29(42-27-3-1-2-4-27)28(20-33-37)35-9-11-36(12-10-35)43(39,40)21-22-5-7-25(8-6-22)34-13-15-41-16-14-34/h5-8,17-20,27H,1-4,9-16,21H2. The molecule has 0 bridgehead atoms. The van der Waals surface area contributed by atoms with E-state index >= 15 is 0 Å². The molecular weight excluding hydrogens is 580 g/mol. The minimum Gasteiger partial charge on any atom is -0.483 e. The number of rotatable bonds is 8. The van der Waals surface area contributed by atoms with Crippen LogP contribution >= 0.6 is 0 Å². The fraction of sp³-hybridized carbons (Fsp3) is 0.467. The molecule has 0 unspecified atom stereocenters. The van der Waals surface area contributed by atoms with E-state index in [4.69, 9.17) is 9.47 Å². The minimum atomic E-state index is -3.58. The van der Waals surface area contributed by atoms with Crippen LogP contribution in [0.15, 0.2) is 53.5 Å². The summed E-state index contributed by atoms with van der Waals surface area (Å²) >= 11 is 0. The maximum absolute atomic E-state index is 13.9. The number of halogens is 2. The number of hydrogen-bond donors (Lipinski definition) is 0. The van der Waals surface area contributed by atoms with E-state index in [-0.39, 0.29) is 36.4 Å². The van der Waals surface area contributed by atoms with Crippen molar-refractivity contribution in [2.75, 3.05) is 62.3 Å². The van der Waals surface area contributed by atoms with Crippen molar-refractivity contribution in [1.82, 2.24) is 14.1 Å². The van der Waals surface area contributed by atoms with Crippen LogP contribution in [0.5, 0.6) is 5.75 Å². The average molecular weight is 616 g/mol. The van der Waals surface area contributed by atoms with Gasteiger partial charge in [0.1, 0.15) is 17.3 Å². The second-order valence-electron chi connectivity index (χ2n) is 11.1. The Morgan fingerprint density at radius 2 is 1.51 bits per heavy atom. The van der Waals surface area contributed by atoms with Crippen LogP contribution in [0.3, 0.4) is 0 Å². The van der Waals surface area contributed by atoms with Crippen molar-refractivity contribution in [3.8, 4) is 11.4 Å². The van der Waals surface area contributed by atoms with Crippen molar-refractivity contribution in [2.24, 2.45) is 0 Å².